The first kappa shape index (κ1) is 41.7. The van der Waals surface area contributed by atoms with Gasteiger partial charge in [-0.05, 0) is 72.3 Å². The van der Waals surface area contributed by atoms with Crippen LogP contribution in [0, 0.1) is 29.2 Å². The average molecular weight is 888 g/mol. The van der Waals surface area contributed by atoms with Crippen molar-refractivity contribution in [2.24, 2.45) is 16.0 Å². The summed E-state index contributed by atoms with van der Waals surface area (Å²) >= 11 is 7.60. The molecule has 1 amide bonds. The van der Waals surface area contributed by atoms with Crippen LogP contribution >= 0.6 is 23.5 Å². The number of nitrogens with two attached hydrogens (primary N) is 1. The predicted molar refractivity (Wildman–Crippen MR) is 212 cm³/mol. The van der Waals surface area contributed by atoms with Crippen molar-refractivity contribution in [2.75, 3.05) is 18.6 Å². The monoisotopic (exact) mass is 887 g/mol. The van der Waals surface area contributed by atoms with E-state index in [0.29, 0.717) is 16.8 Å². The fraction of sp³-hybridized carbons (Fsp3) is 0.250. The summed E-state index contributed by atoms with van der Waals surface area (Å²) in [5.41, 5.74) is 3.07. The molecular weight excluding hydrogens is 858 g/mol. The van der Waals surface area contributed by atoms with Crippen molar-refractivity contribution >= 4 is 52.0 Å². The minimum atomic E-state index is -3.56. The summed E-state index contributed by atoms with van der Waals surface area (Å²) in [6.07, 6.45) is -0.956. The lowest BCUT2D eigenvalue weighted by atomic mass is 10.0. The lowest BCUT2D eigenvalue weighted by molar-refractivity contribution is -0.123. The zero-order valence-corrected chi connectivity index (χ0v) is 33.2. The fourth-order valence-electron chi connectivity index (χ4n) is 7.95. The largest absolute Gasteiger partial charge is 0.386 e. The zero-order chi connectivity index (χ0) is 43.7. The lowest BCUT2D eigenvalue weighted by Gasteiger charge is -2.25. The number of aromatic nitrogens is 5. The van der Waals surface area contributed by atoms with Crippen molar-refractivity contribution in [3.63, 3.8) is 0 Å². The number of rotatable bonds is 12. The molecule has 3 atom stereocenters. The third-order valence-electron chi connectivity index (χ3n) is 10.5. The van der Waals surface area contributed by atoms with Gasteiger partial charge < -0.3 is 16.4 Å². The second-order valence-corrected chi connectivity index (χ2v) is 15.3. The van der Waals surface area contributed by atoms with E-state index in [0.717, 1.165) is 47.0 Å². The van der Waals surface area contributed by atoms with Crippen LogP contribution in [-0.2, 0) is 23.7 Å². The van der Waals surface area contributed by atoms with E-state index in [4.69, 9.17) is 22.3 Å². The number of halogens is 9. The van der Waals surface area contributed by atoms with Gasteiger partial charge >= 0.3 is 0 Å². The number of anilines is 1. The summed E-state index contributed by atoms with van der Waals surface area (Å²) < 4.78 is 123. The van der Waals surface area contributed by atoms with Crippen LogP contribution in [0.1, 0.15) is 58.7 Å². The summed E-state index contributed by atoms with van der Waals surface area (Å²) in [4.78, 5) is 37.9. The molecule has 61 heavy (non-hydrogen) atoms. The Bertz CT molecular complexity index is 2850. The van der Waals surface area contributed by atoms with Crippen LogP contribution < -0.4 is 21.9 Å². The molecule has 0 bridgehead atoms. The number of amides is 1. The Morgan fingerprint density at radius 1 is 1.07 bits per heavy atom. The van der Waals surface area contributed by atoms with Crippen molar-refractivity contribution in [1.29, 1.82) is 0 Å². The van der Waals surface area contributed by atoms with Crippen LogP contribution in [0.3, 0.4) is 0 Å². The Morgan fingerprint density at radius 3 is 2.48 bits per heavy atom. The first-order valence-corrected chi connectivity index (χ1v) is 19.8. The van der Waals surface area contributed by atoms with Crippen molar-refractivity contribution in [2.45, 2.75) is 43.7 Å². The fourth-order valence-corrected chi connectivity index (χ4v) is 8.49. The number of nitrogens with one attached hydrogen (secondary N) is 2. The van der Waals surface area contributed by atoms with Gasteiger partial charge in [0.2, 0.25) is 5.91 Å². The van der Waals surface area contributed by atoms with Gasteiger partial charge in [-0.2, -0.15) is 18.3 Å². The molecule has 0 radical (unpaired) electrons. The molecule has 316 valence electrons. The SMILES string of the molecule is CNc1c(-n2c(C(Cc3cc(F)cc(F)c3)NC(=O)Cn3nc(C(F)F)c4c3C(F)(F)C3CC43)nc3cc(-c4ccc(F)cc4F)cnc3c2=O)ccc(Cl)c1C(N)=NSC. The van der Waals surface area contributed by atoms with Crippen molar-refractivity contribution in [3.05, 3.63) is 133 Å². The molecule has 1 fully saturated rings. The highest BCUT2D eigenvalue weighted by atomic mass is 35.5. The van der Waals surface area contributed by atoms with Crippen LogP contribution in [0.5, 0.6) is 0 Å². The van der Waals surface area contributed by atoms with E-state index in [1.54, 1.807) is 6.26 Å². The van der Waals surface area contributed by atoms with Crippen molar-refractivity contribution < 1.29 is 39.9 Å². The molecule has 1 saturated carbocycles. The minimum absolute atomic E-state index is 0.000943. The molecule has 2 aliphatic carbocycles. The Kier molecular flexibility index (Phi) is 10.8. The summed E-state index contributed by atoms with van der Waals surface area (Å²) in [6.45, 7) is -1.01. The first-order valence-electron chi connectivity index (χ1n) is 18.3. The van der Waals surface area contributed by atoms with Gasteiger partial charge in [0.05, 0.1) is 33.5 Å². The number of alkyl halides is 4. The van der Waals surface area contributed by atoms with E-state index in [1.165, 1.54) is 25.2 Å². The molecule has 0 spiro atoms. The third kappa shape index (κ3) is 7.44. The highest BCUT2D eigenvalue weighted by molar-refractivity contribution is 7.97. The van der Waals surface area contributed by atoms with Gasteiger partial charge in [-0.15, -0.1) is 0 Å². The van der Waals surface area contributed by atoms with E-state index in [9.17, 15) is 31.5 Å². The number of benzene rings is 3. The number of nitrogens with zero attached hydrogens (tertiary/aromatic N) is 6. The smallest absolute Gasteiger partial charge is 0.293 e. The number of carbonyl (C=O) groups is 1. The molecule has 4 N–H and O–H groups in total. The predicted octanol–water partition coefficient (Wildman–Crippen LogP) is 8.13. The number of fused-ring (bicyclic) bond motifs is 4. The third-order valence-corrected chi connectivity index (χ3v) is 11.2. The minimum Gasteiger partial charge on any atom is -0.386 e. The molecule has 11 nitrogen and oxygen atoms in total. The van der Waals surface area contributed by atoms with E-state index in [2.05, 4.69) is 25.1 Å². The Hall–Kier alpha value is -6.02. The summed E-state index contributed by atoms with van der Waals surface area (Å²) in [6, 6.07) is 7.77. The van der Waals surface area contributed by atoms with E-state index in [-0.39, 0.29) is 73.3 Å². The average Bonchev–Trinajstić information content (AvgIpc) is 3.85. The Morgan fingerprint density at radius 2 is 1.80 bits per heavy atom. The lowest BCUT2D eigenvalue weighted by Crippen LogP contribution is -2.38. The Labute approximate surface area is 349 Å². The van der Waals surface area contributed by atoms with Crippen molar-refractivity contribution in [1.82, 2.24) is 29.6 Å². The second kappa shape index (κ2) is 15.8. The summed E-state index contributed by atoms with van der Waals surface area (Å²) in [5.74, 6) is -11.0. The highest BCUT2D eigenvalue weighted by Gasteiger charge is 2.67. The molecule has 2 aliphatic rings. The normalized spacial score (nSPS) is 17.1. The molecule has 0 aliphatic heterocycles. The van der Waals surface area contributed by atoms with Gasteiger partial charge in [0.25, 0.3) is 17.9 Å². The van der Waals surface area contributed by atoms with Crippen molar-refractivity contribution in [3.8, 4) is 16.8 Å². The highest BCUT2D eigenvalue weighted by Crippen LogP contribution is 2.68. The molecule has 3 aromatic heterocycles. The molecule has 3 aromatic carbocycles. The molecular formula is C40H30ClF8N9O2S. The van der Waals surface area contributed by atoms with E-state index >= 15 is 13.2 Å². The van der Waals surface area contributed by atoms with Crippen LogP contribution in [0.2, 0.25) is 5.02 Å². The standard InChI is InChI=1S/C40H30ClF8N9O2S/c1-51-33-28(6-5-24(41)31(33)37(50)56-61-2)58-38(54-26-10-17(14-52-32(26)39(58)60)21-4-3-18(42)12-25(21)45)27(9-16-7-19(43)11-20(44)8-16)53-29(59)15-57-35-30(34(55-57)36(46)47)22-13-23(22)40(35,48)49/h3-8,10-12,14,22-23,27,36,51H,9,13,15H2,1-2H3,(H2,50,56)(H,53,59). The molecule has 6 aromatic rings. The van der Waals surface area contributed by atoms with Gasteiger partial charge in [-0.25, -0.2) is 36.3 Å². The van der Waals surface area contributed by atoms with Gasteiger partial charge in [0.15, 0.2) is 5.52 Å². The van der Waals surface area contributed by atoms with Gasteiger partial charge in [-0.1, -0.05) is 11.6 Å². The maximum atomic E-state index is 15.5. The maximum Gasteiger partial charge on any atom is 0.293 e. The maximum absolute atomic E-state index is 15.5. The molecule has 8 rings (SSSR count). The van der Waals surface area contributed by atoms with Gasteiger partial charge in [0.1, 0.15) is 52.9 Å². The Balaban J connectivity index is 1.34. The van der Waals surface area contributed by atoms with E-state index < -0.39 is 89.3 Å². The van der Waals surface area contributed by atoms with Gasteiger partial charge in [-0.3, -0.25) is 18.8 Å². The van der Waals surface area contributed by atoms with Crippen LogP contribution in [-0.4, -0.2) is 49.4 Å². The summed E-state index contributed by atoms with van der Waals surface area (Å²) in [7, 11) is 1.48. The number of hydrogen-bond donors (Lipinski definition) is 3. The van der Waals surface area contributed by atoms with Crippen LogP contribution in [0.15, 0.2) is 70.0 Å². The molecule has 3 heterocycles. The number of amidine groups is 1. The number of pyridine rings is 1. The molecule has 0 saturated heterocycles. The second-order valence-electron chi connectivity index (χ2n) is 14.3. The topological polar surface area (TPSA) is 145 Å². The van der Waals surface area contributed by atoms with E-state index in [1.807, 2.05) is 0 Å². The zero-order valence-electron chi connectivity index (χ0n) is 31.6. The number of carbonyl (C=O) groups excluding carboxylic acids is 1. The first-order chi connectivity index (χ1) is 29.0. The quantitative estimate of drug-likeness (QED) is 0.0484. The molecule has 3 unspecified atom stereocenters. The van der Waals surface area contributed by atoms with Crippen LogP contribution in [0.4, 0.5) is 40.8 Å². The summed E-state index contributed by atoms with van der Waals surface area (Å²) in [5, 5.41) is 9.37. The van der Waals surface area contributed by atoms with Gasteiger partial charge in [0, 0.05) is 60.7 Å². The van der Waals surface area contributed by atoms with Crippen LogP contribution in [0.25, 0.3) is 27.8 Å². The molecule has 21 heteroatoms. The number of hydrogen-bond acceptors (Lipinski definition) is 8.